The number of ether oxygens (including phenoxy) is 2. The maximum Gasteiger partial charge on any atom is 0.255 e. The Labute approximate surface area is 146 Å². The smallest absolute Gasteiger partial charge is 0.255 e. The number of halogens is 1. The number of carbonyl (C=O) groups is 1. The molecule has 0 saturated carbocycles. The highest BCUT2D eigenvalue weighted by molar-refractivity contribution is 6.33. The second-order valence-electron chi connectivity index (χ2n) is 5.53. The van der Waals surface area contributed by atoms with E-state index in [9.17, 15) is 4.79 Å². The van der Waals surface area contributed by atoms with E-state index >= 15 is 0 Å². The first-order valence-corrected chi connectivity index (χ1v) is 7.93. The molecule has 0 spiro atoms. The van der Waals surface area contributed by atoms with Gasteiger partial charge in [-0.3, -0.25) is 4.79 Å². The third-order valence-corrected chi connectivity index (χ3v) is 3.80. The van der Waals surface area contributed by atoms with E-state index in [1.165, 1.54) is 19.2 Å². The molecule has 6 heteroatoms. The Morgan fingerprint density at radius 1 is 1.29 bits per heavy atom. The van der Waals surface area contributed by atoms with E-state index in [0.29, 0.717) is 28.6 Å². The van der Waals surface area contributed by atoms with Crippen molar-refractivity contribution in [2.75, 3.05) is 19.4 Å². The van der Waals surface area contributed by atoms with Gasteiger partial charge in [0.15, 0.2) is 0 Å². The summed E-state index contributed by atoms with van der Waals surface area (Å²) in [4.78, 5) is 12.3. The number of anilines is 1. The van der Waals surface area contributed by atoms with Gasteiger partial charge in [0.2, 0.25) is 0 Å². The fourth-order valence-corrected chi connectivity index (χ4v) is 2.30. The second-order valence-corrected chi connectivity index (χ2v) is 5.93. The summed E-state index contributed by atoms with van der Waals surface area (Å²) >= 11 is 5.98. The van der Waals surface area contributed by atoms with Crippen LogP contribution in [0.3, 0.4) is 0 Å². The molecule has 0 radical (unpaired) electrons. The van der Waals surface area contributed by atoms with Crippen LogP contribution in [-0.2, 0) is 0 Å². The molecule has 2 rings (SSSR count). The molecule has 0 aliphatic rings. The molecule has 0 heterocycles. The van der Waals surface area contributed by atoms with Gasteiger partial charge in [0, 0.05) is 6.07 Å². The molecular weight excluding hydrogens is 328 g/mol. The summed E-state index contributed by atoms with van der Waals surface area (Å²) in [7, 11) is 1.47. The number of hydrogen-bond donors (Lipinski definition) is 2. The van der Waals surface area contributed by atoms with Crippen molar-refractivity contribution in [3.05, 3.63) is 52.5 Å². The SMILES string of the molecule is COc1cc(N)c(Cl)cc1C(=O)NCC(C)Oc1ccc(C)cc1. The van der Waals surface area contributed by atoms with Gasteiger partial charge in [-0.25, -0.2) is 0 Å². The molecule has 0 bridgehead atoms. The lowest BCUT2D eigenvalue weighted by Gasteiger charge is -2.16. The predicted molar refractivity (Wildman–Crippen MR) is 96.0 cm³/mol. The Kier molecular flexibility index (Phi) is 5.93. The molecule has 5 nitrogen and oxygen atoms in total. The summed E-state index contributed by atoms with van der Waals surface area (Å²) in [5.74, 6) is 0.838. The predicted octanol–water partition coefficient (Wildman–Crippen LogP) is 3.44. The third-order valence-electron chi connectivity index (χ3n) is 3.47. The number of aryl methyl sites for hydroxylation is 1. The molecule has 1 atom stereocenters. The van der Waals surface area contributed by atoms with Gasteiger partial charge in [-0.1, -0.05) is 29.3 Å². The van der Waals surface area contributed by atoms with Crippen LogP contribution in [0.15, 0.2) is 36.4 Å². The Morgan fingerprint density at radius 2 is 1.96 bits per heavy atom. The Morgan fingerprint density at radius 3 is 2.58 bits per heavy atom. The molecule has 0 aromatic heterocycles. The lowest BCUT2D eigenvalue weighted by molar-refractivity contribution is 0.0929. The topological polar surface area (TPSA) is 73.6 Å². The van der Waals surface area contributed by atoms with Gasteiger partial charge in [0.25, 0.3) is 5.91 Å². The molecule has 0 aliphatic heterocycles. The number of nitrogen functional groups attached to an aromatic ring is 1. The zero-order chi connectivity index (χ0) is 17.7. The molecule has 1 amide bonds. The lowest BCUT2D eigenvalue weighted by atomic mass is 10.1. The maximum atomic E-state index is 12.3. The van der Waals surface area contributed by atoms with Crippen LogP contribution in [0.1, 0.15) is 22.8 Å². The minimum Gasteiger partial charge on any atom is -0.496 e. The van der Waals surface area contributed by atoms with Crippen molar-refractivity contribution in [1.82, 2.24) is 5.32 Å². The van der Waals surface area contributed by atoms with Crippen molar-refractivity contribution in [2.24, 2.45) is 0 Å². The van der Waals surface area contributed by atoms with Crippen LogP contribution in [0.5, 0.6) is 11.5 Å². The highest BCUT2D eigenvalue weighted by atomic mass is 35.5. The zero-order valence-corrected chi connectivity index (χ0v) is 14.7. The first-order valence-electron chi connectivity index (χ1n) is 7.55. The van der Waals surface area contributed by atoms with E-state index < -0.39 is 0 Å². The van der Waals surface area contributed by atoms with Crippen LogP contribution in [0.4, 0.5) is 5.69 Å². The van der Waals surface area contributed by atoms with Crippen LogP contribution in [0.2, 0.25) is 5.02 Å². The van der Waals surface area contributed by atoms with Crippen LogP contribution >= 0.6 is 11.6 Å². The second kappa shape index (κ2) is 7.93. The minimum atomic E-state index is -0.298. The van der Waals surface area contributed by atoms with Gasteiger partial charge in [0.05, 0.1) is 29.9 Å². The zero-order valence-electron chi connectivity index (χ0n) is 13.9. The van der Waals surface area contributed by atoms with Crippen LogP contribution < -0.4 is 20.5 Å². The van der Waals surface area contributed by atoms with Gasteiger partial charge < -0.3 is 20.5 Å². The fourth-order valence-electron chi connectivity index (χ4n) is 2.14. The molecular formula is C18H21ClN2O3. The van der Waals surface area contributed by atoms with Crippen molar-refractivity contribution in [3.8, 4) is 11.5 Å². The maximum absolute atomic E-state index is 12.3. The first-order chi connectivity index (χ1) is 11.4. The van der Waals surface area contributed by atoms with Crippen molar-refractivity contribution in [1.29, 1.82) is 0 Å². The Balaban J connectivity index is 1.97. The first kappa shape index (κ1) is 17.9. The molecule has 2 aromatic carbocycles. The van der Waals surface area contributed by atoms with Crippen molar-refractivity contribution in [3.63, 3.8) is 0 Å². The monoisotopic (exact) mass is 348 g/mol. The van der Waals surface area contributed by atoms with Crippen LogP contribution in [0.25, 0.3) is 0 Å². The number of methoxy groups -OCH3 is 1. The number of hydrogen-bond acceptors (Lipinski definition) is 4. The van der Waals surface area contributed by atoms with Crippen molar-refractivity contribution >= 4 is 23.2 Å². The summed E-state index contributed by atoms with van der Waals surface area (Å²) < 4.78 is 10.9. The van der Waals surface area contributed by atoms with E-state index in [1.54, 1.807) is 0 Å². The normalized spacial score (nSPS) is 11.7. The molecule has 2 aromatic rings. The average molecular weight is 349 g/mol. The highest BCUT2D eigenvalue weighted by Crippen LogP contribution is 2.28. The van der Waals surface area contributed by atoms with Crippen molar-refractivity contribution in [2.45, 2.75) is 20.0 Å². The van der Waals surface area contributed by atoms with Gasteiger partial charge in [0.1, 0.15) is 17.6 Å². The molecule has 0 aliphatic carbocycles. The summed E-state index contributed by atoms with van der Waals surface area (Å²) in [5, 5.41) is 3.12. The molecule has 0 saturated heterocycles. The van der Waals surface area contributed by atoms with Crippen LogP contribution in [-0.4, -0.2) is 25.7 Å². The number of rotatable bonds is 6. The molecule has 0 fully saturated rings. The number of nitrogens with two attached hydrogens (primary N) is 1. The summed E-state index contributed by atoms with van der Waals surface area (Å²) in [6, 6.07) is 10.8. The largest absolute Gasteiger partial charge is 0.496 e. The molecule has 128 valence electrons. The molecule has 3 N–H and O–H groups in total. The van der Waals surface area contributed by atoms with E-state index in [4.69, 9.17) is 26.8 Å². The minimum absolute atomic E-state index is 0.188. The van der Waals surface area contributed by atoms with E-state index in [0.717, 1.165) is 11.3 Å². The lowest BCUT2D eigenvalue weighted by Crippen LogP contribution is -2.33. The average Bonchev–Trinajstić information content (AvgIpc) is 2.56. The summed E-state index contributed by atoms with van der Waals surface area (Å²) in [6.07, 6.45) is -0.188. The van der Waals surface area contributed by atoms with Gasteiger partial charge in [-0.05, 0) is 32.0 Å². The standard InChI is InChI=1S/C18H21ClN2O3/c1-11-4-6-13(7-5-11)24-12(2)10-21-18(22)14-8-15(19)16(20)9-17(14)23-3/h4-9,12H,10,20H2,1-3H3,(H,21,22). The fraction of sp³-hybridized carbons (Fsp3) is 0.278. The molecule has 24 heavy (non-hydrogen) atoms. The third kappa shape index (κ3) is 4.55. The number of carbonyl (C=O) groups excluding carboxylic acids is 1. The van der Waals surface area contributed by atoms with Crippen LogP contribution in [0, 0.1) is 6.92 Å². The quantitative estimate of drug-likeness (QED) is 0.784. The van der Waals surface area contributed by atoms with E-state index in [1.807, 2.05) is 38.1 Å². The molecule has 1 unspecified atom stereocenters. The van der Waals surface area contributed by atoms with E-state index in [2.05, 4.69) is 5.32 Å². The highest BCUT2D eigenvalue weighted by Gasteiger charge is 2.16. The summed E-state index contributed by atoms with van der Waals surface area (Å²) in [5.41, 5.74) is 7.58. The van der Waals surface area contributed by atoms with E-state index in [-0.39, 0.29) is 12.0 Å². The van der Waals surface area contributed by atoms with Gasteiger partial charge in [-0.2, -0.15) is 0 Å². The number of amides is 1. The number of nitrogens with one attached hydrogen (secondary N) is 1. The number of benzene rings is 2. The van der Waals surface area contributed by atoms with Gasteiger partial charge >= 0.3 is 0 Å². The van der Waals surface area contributed by atoms with Gasteiger partial charge in [-0.15, -0.1) is 0 Å². The Hall–Kier alpha value is -2.40. The van der Waals surface area contributed by atoms with Crippen molar-refractivity contribution < 1.29 is 14.3 Å². The Bertz CT molecular complexity index is 717. The summed E-state index contributed by atoms with van der Waals surface area (Å²) in [6.45, 7) is 4.24.